The first-order valence-corrected chi connectivity index (χ1v) is 10.2. The number of amides is 2. The molecule has 150 valence electrons. The summed E-state index contributed by atoms with van der Waals surface area (Å²) in [6, 6.07) is 17.6. The number of anilines is 2. The van der Waals surface area contributed by atoms with Gasteiger partial charge in [-0.25, -0.2) is 9.67 Å². The fourth-order valence-electron chi connectivity index (χ4n) is 2.80. The number of carbonyl (C=O) groups is 2. The fraction of sp³-hybridized carbons (Fsp3) is 0.0476. The zero-order chi connectivity index (χ0) is 21.1. The average molecular weight is 438 g/mol. The maximum atomic E-state index is 12.6. The van der Waals surface area contributed by atoms with Crippen LogP contribution in [0.15, 0.2) is 66.0 Å². The van der Waals surface area contributed by atoms with Gasteiger partial charge in [0.2, 0.25) is 5.82 Å². The number of nitrogens with one attached hydrogen (secondary N) is 2. The van der Waals surface area contributed by atoms with Crippen molar-refractivity contribution in [3.63, 3.8) is 0 Å². The van der Waals surface area contributed by atoms with Crippen LogP contribution < -0.4 is 10.6 Å². The Morgan fingerprint density at radius 2 is 1.70 bits per heavy atom. The van der Waals surface area contributed by atoms with Gasteiger partial charge in [0.25, 0.3) is 11.8 Å². The maximum Gasteiger partial charge on any atom is 0.295 e. The van der Waals surface area contributed by atoms with Crippen molar-refractivity contribution in [3.8, 4) is 5.69 Å². The van der Waals surface area contributed by atoms with Gasteiger partial charge < -0.3 is 10.6 Å². The molecular formula is C21H16ClN5O2S. The van der Waals surface area contributed by atoms with Crippen molar-refractivity contribution >= 4 is 46.1 Å². The lowest BCUT2D eigenvalue weighted by atomic mass is 10.2. The maximum absolute atomic E-state index is 12.6. The molecule has 2 heterocycles. The van der Waals surface area contributed by atoms with Crippen LogP contribution in [0, 0.1) is 6.92 Å². The number of rotatable bonds is 5. The highest BCUT2D eigenvalue weighted by atomic mass is 35.5. The molecule has 7 nitrogen and oxygen atoms in total. The van der Waals surface area contributed by atoms with Gasteiger partial charge >= 0.3 is 0 Å². The van der Waals surface area contributed by atoms with E-state index < -0.39 is 5.91 Å². The quantitative estimate of drug-likeness (QED) is 0.469. The van der Waals surface area contributed by atoms with E-state index in [4.69, 9.17) is 11.6 Å². The van der Waals surface area contributed by atoms with Crippen LogP contribution in [-0.4, -0.2) is 26.6 Å². The molecule has 0 radical (unpaired) electrons. The van der Waals surface area contributed by atoms with E-state index in [0.717, 1.165) is 0 Å². The first-order valence-electron chi connectivity index (χ1n) is 8.96. The first-order chi connectivity index (χ1) is 14.5. The van der Waals surface area contributed by atoms with Crippen molar-refractivity contribution < 1.29 is 9.59 Å². The van der Waals surface area contributed by atoms with Crippen LogP contribution in [0.5, 0.6) is 0 Å². The van der Waals surface area contributed by atoms with Gasteiger partial charge in [0.1, 0.15) is 5.82 Å². The van der Waals surface area contributed by atoms with Gasteiger partial charge in [-0.3, -0.25) is 9.59 Å². The van der Waals surface area contributed by atoms with Crippen LogP contribution in [0.4, 0.5) is 11.4 Å². The molecule has 0 bridgehead atoms. The number of aromatic nitrogens is 3. The minimum absolute atomic E-state index is 0.0143. The van der Waals surface area contributed by atoms with Gasteiger partial charge in [-0.1, -0.05) is 35.9 Å². The Bertz CT molecular complexity index is 1220. The second-order valence-corrected chi connectivity index (χ2v) is 7.67. The number of hydrogen-bond donors (Lipinski definition) is 2. The van der Waals surface area contributed by atoms with Crippen molar-refractivity contribution in [2.45, 2.75) is 6.92 Å². The zero-order valence-corrected chi connectivity index (χ0v) is 17.4. The summed E-state index contributed by atoms with van der Waals surface area (Å²) in [7, 11) is 0. The Morgan fingerprint density at radius 1 is 0.967 bits per heavy atom. The highest BCUT2D eigenvalue weighted by Crippen LogP contribution is 2.21. The number of para-hydroxylation sites is 1. The third kappa shape index (κ3) is 4.24. The molecule has 4 aromatic rings. The largest absolute Gasteiger partial charge is 0.321 e. The van der Waals surface area contributed by atoms with Gasteiger partial charge in [-0.2, -0.15) is 0 Å². The lowest BCUT2D eigenvalue weighted by Crippen LogP contribution is -2.15. The predicted octanol–water partition coefficient (Wildman–Crippen LogP) is 4.80. The van der Waals surface area contributed by atoms with Crippen LogP contribution in [-0.2, 0) is 0 Å². The van der Waals surface area contributed by atoms with Gasteiger partial charge in [0.05, 0.1) is 15.6 Å². The van der Waals surface area contributed by atoms with E-state index in [9.17, 15) is 9.59 Å². The highest BCUT2D eigenvalue weighted by molar-refractivity contribution is 7.12. The summed E-state index contributed by atoms with van der Waals surface area (Å²) >= 11 is 7.58. The Morgan fingerprint density at radius 3 is 2.40 bits per heavy atom. The third-order valence-electron chi connectivity index (χ3n) is 4.18. The van der Waals surface area contributed by atoms with Crippen LogP contribution in [0.2, 0.25) is 5.02 Å². The number of benzene rings is 2. The average Bonchev–Trinajstić information content (AvgIpc) is 3.39. The standard InChI is InChI=1S/C21H16ClN5O2S/c1-13-23-19(26-27(13)17-9-3-2-8-16(17)22)21(29)25-15-7-4-6-14(12-15)24-20(28)18-10-5-11-30-18/h2-12H,1H3,(H,24,28)(H,25,29). The molecule has 0 aliphatic heterocycles. The van der Waals surface area contributed by atoms with E-state index in [1.165, 1.54) is 16.0 Å². The summed E-state index contributed by atoms with van der Waals surface area (Å²) in [5, 5.41) is 12.2. The molecular weight excluding hydrogens is 422 g/mol. The predicted molar refractivity (Wildman–Crippen MR) is 118 cm³/mol. The molecule has 2 aromatic heterocycles. The molecule has 0 saturated carbocycles. The van der Waals surface area contributed by atoms with Crippen LogP contribution in [0.1, 0.15) is 26.1 Å². The number of halogens is 1. The minimum Gasteiger partial charge on any atom is -0.321 e. The molecule has 2 N–H and O–H groups in total. The van der Waals surface area contributed by atoms with Crippen LogP contribution >= 0.6 is 22.9 Å². The zero-order valence-electron chi connectivity index (χ0n) is 15.8. The van der Waals surface area contributed by atoms with E-state index in [1.54, 1.807) is 49.4 Å². The van der Waals surface area contributed by atoms with Crippen molar-refractivity contribution in [3.05, 3.63) is 87.6 Å². The summed E-state index contributed by atoms with van der Waals surface area (Å²) in [6.07, 6.45) is 0. The van der Waals surface area contributed by atoms with E-state index in [-0.39, 0.29) is 11.7 Å². The van der Waals surface area contributed by atoms with Gasteiger partial charge in [-0.05, 0) is 48.7 Å². The van der Waals surface area contributed by atoms with Gasteiger partial charge in [0, 0.05) is 11.4 Å². The molecule has 9 heteroatoms. The highest BCUT2D eigenvalue weighted by Gasteiger charge is 2.17. The lowest BCUT2D eigenvalue weighted by molar-refractivity contribution is 0.101. The Hall–Kier alpha value is -3.49. The van der Waals surface area contributed by atoms with Crippen molar-refractivity contribution in [2.24, 2.45) is 0 Å². The van der Waals surface area contributed by atoms with E-state index in [2.05, 4.69) is 20.7 Å². The van der Waals surface area contributed by atoms with E-state index >= 15 is 0 Å². The second-order valence-electron chi connectivity index (χ2n) is 6.31. The Kier molecular flexibility index (Phi) is 5.60. The molecule has 0 unspecified atom stereocenters. The summed E-state index contributed by atoms with van der Waals surface area (Å²) in [6.45, 7) is 1.74. The summed E-state index contributed by atoms with van der Waals surface area (Å²) in [5.74, 6) is -0.124. The van der Waals surface area contributed by atoms with Crippen LogP contribution in [0.25, 0.3) is 5.69 Å². The second kappa shape index (κ2) is 8.48. The first kappa shape index (κ1) is 19.8. The molecule has 2 aromatic carbocycles. The monoisotopic (exact) mass is 437 g/mol. The minimum atomic E-state index is -0.467. The van der Waals surface area contributed by atoms with Crippen LogP contribution in [0.3, 0.4) is 0 Å². The van der Waals surface area contributed by atoms with Crippen molar-refractivity contribution in [1.29, 1.82) is 0 Å². The van der Waals surface area contributed by atoms with Crippen molar-refractivity contribution in [2.75, 3.05) is 10.6 Å². The topological polar surface area (TPSA) is 88.9 Å². The van der Waals surface area contributed by atoms with Gasteiger partial charge in [0.15, 0.2) is 0 Å². The number of thiophene rings is 1. The number of hydrogen-bond acceptors (Lipinski definition) is 5. The molecule has 4 rings (SSSR count). The molecule has 0 atom stereocenters. The Balaban J connectivity index is 1.50. The molecule has 0 fully saturated rings. The molecule has 30 heavy (non-hydrogen) atoms. The summed E-state index contributed by atoms with van der Waals surface area (Å²) in [5.41, 5.74) is 1.72. The molecule has 0 saturated heterocycles. The smallest absolute Gasteiger partial charge is 0.295 e. The summed E-state index contributed by atoms with van der Waals surface area (Å²) in [4.78, 5) is 29.7. The SMILES string of the molecule is Cc1nc(C(=O)Nc2cccc(NC(=O)c3cccs3)c2)nn1-c1ccccc1Cl. The molecule has 2 amide bonds. The van der Waals surface area contributed by atoms with E-state index in [1.807, 2.05) is 23.6 Å². The number of nitrogens with zero attached hydrogens (tertiary/aromatic N) is 3. The van der Waals surface area contributed by atoms with E-state index in [0.29, 0.717) is 32.8 Å². The fourth-order valence-corrected chi connectivity index (χ4v) is 3.63. The molecule has 0 spiro atoms. The van der Waals surface area contributed by atoms with Gasteiger partial charge in [-0.15, -0.1) is 16.4 Å². The Labute approximate surface area is 181 Å². The van der Waals surface area contributed by atoms with Crippen molar-refractivity contribution in [1.82, 2.24) is 14.8 Å². The third-order valence-corrected chi connectivity index (χ3v) is 5.36. The number of carbonyl (C=O) groups excluding carboxylic acids is 2. The molecule has 0 aliphatic carbocycles. The summed E-state index contributed by atoms with van der Waals surface area (Å²) < 4.78 is 1.52. The number of aryl methyl sites for hydroxylation is 1. The normalized spacial score (nSPS) is 10.6. The molecule has 0 aliphatic rings. The lowest BCUT2D eigenvalue weighted by Gasteiger charge is -2.07.